The highest BCUT2D eigenvalue weighted by molar-refractivity contribution is 5.86. The number of benzene rings is 1. The molecular formula is C14H14N2O4. The van der Waals surface area contributed by atoms with Crippen LogP contribution in [0.3, 0.4) is 0 Å². The van der Waals surface area contributed by atoms with E-state index in [0.29, 0.717) is 6.42 Å². The van der Waals surface area contributed by atoms with Gasteiger partial charge < -0.3 is 5.11 Å². The van der Waals surface area contributed by atoms with E-state index in [2.05, 4.69) is 0 Å². The Morgan fingerprint density at radius 3 is 2.50 bits per heavy atom. The predicted octanol–water partition coefficient (Wildman–Crippen LogP) is 1.23. The molecule has 20 heavy (non-hydrogen) atoms. The first-order valence-corrected chi connectivity index (χ1v) is 6.18. The van der Waals surface area contributed by atoms with E-state index in [4.69, 9.17) is 5.11 Å². The molecule has 0 bridgehead atoms. The Bertz CT molecular complexity index is 731. The number of hydrogen-bond donors (Lipinski definition) is 2. The van der Waals surface area contributed by atoms with Gasteiger partial charge in [-0.2, -0.15) is 0 Å². The van der Waals surface area contributed by atoms with Gasteiger partial charge in [0.1, 0.15) is 5.56 Å². The highest BCUT2D eigenvalue weighted by atomic mass is 16.4. The zero-order valence-electron chi connectivity index (χ0n) is 10.9. The summed E-state index contributed by atoms with van der Waals surface area (Å²) in [6.45, 7) is 1.88. The Morgan fingerprint density at radius 1 is 1.30 bits per heavy atom. The van der Waals surface area contributed by atoms with E-state index >= 15 is 0 Å². The van der Waals surface area contributed by atoms with Gasteiger partial charge in [0, 0.05) is 6.20 Å². The summed E-state index contributed by atoms with van der Waals surface area (Å²) in [7, 11) is 0. The van der Waals surface area contributed by atoms with Crippen LogP contribution < -0.4 is 11.2 Å². The van der Waals surface area contributed by atoms with Gasteiger partial charge in [-0.15, -0.1) is 0 Å². The van der Waals surface area contributed by atoms with Crippen LogP contribution in [0.15, 0.2) is 46.1 Å². The molecule has 0 saturated carbocycles. The topological polar surface area (TPSA) is 92.2 Å². The van der Waals surface area contributed by atoms with E-state index in [1.54, 1.807) is 0 Å². The van der Waals surface area contributed by atoms with Gasteiger partial charge in [-0.1, -0.05) is 37.3 Å². The molecule has 1 unspecified atom stereocenters. The van der Waals surface area contributed by atoms with Crippen LogP contribution in [0, 0.1) is 0 Å². The minimum atomic E-state index is -1.36. The fraction of sp³-hybridized carbons (Fsp3) is 0.214. The zero-order valence-corrected chi connectivity index (χ0v) is 10.9. The second-order valence-electron chi connectivity index (χ2n) is 4.35. The van der Waals surface area contributed by atoms with E-state index in [9.17, 15) is 14.4 Å². The summed E-state index contributed by atoms with van der Waals surface area (Å²) in [6.07, 6.45) is 1.69. The highest BCUT2D eigenvalue weighted by Gasteiger charge is 2.17. The molecule has 2 rings (SSSR count). The van der Waals surface area contributed by atoms with Gasteiger partial charge in [0.2, 0.25) is 0 Å². The summed E-state index contributed by atoms with van der Waals surface area (Å²) in [5.74, 6) is -1.36. The van der Waals surface area contributed by atoms with Crippen LogP contribution in [0.2, 0.25) is 0 Å². The second kappa shape index (κ2) is 5.56. The number of nitrogens with zero attached hydrogens (tertiary/aromatic N) is 1. The summed E-state index contributed by atoms with van der Waals surface area (Å²) in [6, 6.07) is 8.92. The van der Waals surface area contributed by atoms with Crippen LogP contribution >= 0.6 is 0 Å². The molecule has 2 N–H and O–H groups in total. The lowest BCUT2D eigenvalue weighted by Crippen LogP contribution is -2.35. The lowest BCUT2D eigenvalue weighted by atomic mass is 10.0. The van der Waals surface area contributed by atoms with Crippen molar-refractivity contribution in [3.8, 4) is 0 Å². The molecule has 0 aliphatic heterocycles. The summed E-state index contributed by atoms with van der Waals surface area (Å²) in [4.78, 5) is 36.4. The molecule has 0 amide bonds. The standard InChI is InChI=1S/C14H14N2O4/c1-2-11(9-6-4-3-5-7-9)16-8-10(13(18)19)12(17)15-14(16)20/h3-8,11H,2H2,1H3,(H,18,19)(H,15,17,20). The van der Waals surface area contributed by atoms with Gasteiger partial charge >= 0.3 is 11.7 Å². The second-order valence-corrected chi connectivity index (χ2v) is 4.35. The van der Waals surface area contributed by atoms with Gasteiger partial charge in [0.05, 0.1) is 6.04 Å². The fourth-order valence-electron chi connectivity index (χ4n) is 2.14. The van der Waals surface area contributed by atoms with Gasteiger partial charge in [-0.3, -0.25) is 14.3 Å². The van der Waals surface area contributed by atoms with Crippen molar-refractivity contribution in [2.45, 2.75) is 19.4 Å². The molecular weight excluding hydrogens is 260 g/mol. The first kappa shape index (κ1) is 13.8. The van der Waals surface area contributed by atoms with Crippen molar-refractivity contribution >= 4 is 5.97 Å². The first-order chi connectivity index (χ1) is 9.54. The Labute approximate surface area is 114 Å². The van der Waals surface area contributed by atoms with E-state index in [-0.39, 0.29) is 6.04 Å². The number of aromatic carboxylic acids is 1. The molecule has 0 fully saturated rings. The maximum atomic E-state index is 11.9. The first-order valence-electron chi connectivity index (χ1n) is 6.18. The molecule has 0 radical (unpaired) electrons. The number of carboxylic acids is 1. The van der Waals surface area contributed by atoms with Gasteiger partial charge in [0.25, 0.3) is 5.56 Å². The quantitative estimate of drug-likeness (QED) is 0.877. The van der Waals surface area contributed by atoms with Crippen molar-refractivity contribution < 1.29 is 9.90 Å². The fourth-order valence-corrected chi connectivity index (χ4v) is 2.14. The molecule has 1 aromatic carbocycles. The van der Waals surface area contributed by atoms with Crippen LogP contribution in [0.1, 0.15) is 35.3 Å². The summed E-state index contributed by atoms with van der Waals surface area (Å²) in [5, 5.41) is 8.97. The molecule has 6 heteroatoms. The van der Waals surface area contributed by atoms with Gasteiger partial charge in [-0.05, 0) is 12.0 Å². The SMILES string of the molecule is CCC(c1ccccc1)n1cc(C(=O)O)c(=O)[nH]c1=O. The number of carboxylic acid groups (broad SMARTS) is 1. The molecule has 0 aliphatic carbocycles. The van der Waals surface area contributed by atoms with E-state index in [0.717, 1.165) is 11.8 Å². The third-order valence-electron chi connectivity index (χ3n) is 3.11. The highest BCUT2D eigenvalue weighted by Crippen LogP contribution is 2.19. The summed E-state index contributed by atoms with van der Waals surface area (Å²) >= 11 is 0. The molecule has 6 nitrogen and oxygen atoms in total. The molecule has 0 spiro atoms. The molecule has 0 aliphatic rings. The maximum Gasteiger partial charge on any atom is 0.342 e. The predicted molar refractivity (Wildman–Crippen MR) is 73.2 cm³/mol. The monoisotopic (exact) mass is 274 g/mol. The smallest absolute Gasteiger partial charge is 0.342 e. The van der Waals surface area contributed by atoms with E-state index < -0.39 is 22.8 Å². The van der Waals surface area contributed by atoms with Crippen LogP contribution in [-0.4, -0.2) is 20.6 Å². The number of aromatic amines is 1. The lowest BCUT2D eigenvalue weighted by molar-refractivity contribution is 0.0693. The normalized spacial score (nSPS) is 12.1. The molecule has 0 saturated heterocycles. The number of nitrogens with one attached hydrogen (secondary N) is 1. The Kier molecular flexibility index (Phi) is 3.84. The number of aromatic nitrogens is 2. The number of carbonyl (C=O) groups is 1. The van der Waals surface area contributed by atoms with Crippen molar-refractivity contribution in [1.82, 2.24) is 9.55 Å². The van der Waals surface area contributed by atoms with Crippen molar-refractivity contribution in [1.29, 1.82) is 0 Å². The van der Waals surface area contributed by atoms with Crippen molar-refractivity contribution in [2.24, 2.45) is 0 Å². The molecule has 1 heterocycles. The van der Waals surface area contributed by atoms with Crippen molar-refractivity contribution in [3.05, 3.63) is 68.5 Å². The number of hydrogen-bond acceptors (Lipinski definition) is 3. The Morgan fingerprint density at radius 2 is 1.95 bits per heavy atom. The lowest BCUT2D eigenvalue weighted by Gasteiger charge is -2.18. The van der Waals surface area contributed by atoms with Gasteiger partial charge in [0.15, 0.2) is 0 Å². The molecule has 104 valence electrons. The summed E-state index contributed by atoms with van der Waals surface area (Å²) < 4.78 is 1.25. The van der Waals surface area contributed by atoms with Crippen LogP contribution in [0.4, 0.5) is 0 Å². The number of rotatable bonds is 4. The van der Waals surface area contributed by atoms with E-state index in [1.807, 2.05) is 42.2 Å². The average molecular weight is 274 g/mol. The number of H-pyrrole nitrogens is 1. The van der Waals surface area contributed by atoms with Crippen LogP contribution in [0.25, 0.3) is 0 Å². The van der Waals surface area contributed by atoms with Crippen molar-refractivity contribution in [3.63, 3.8) is 0 Å². The van der Waals surface area contributed by atoms with Crippen LogP contribution in [0.5, 0.6) is 0 Å². The summed E-state index contributed by atoms with van der Waals surface area (Å²) in [5.41, 5.74) is -1.07. The molecule has 1 atom stereocenters. The minimum Gasteiger partial charge on any atom is -0.477 e. The zero-order chi connectivity index (χ0) is 14.7. The molecule has 2 aromatic rings. The largest absolute Gasteiger partial charge is 0.477 e. The third kappa shape index (κ3) is 2.54. The average Bonchev–Trinajstić information content (AvgIpc) is 2.42. The maximum absolute atomic E-state index is 11.9. The Balaban J connectivity index is 2.61. The third-order valence-corrected chi connectivity index (χ3v) is 3.11. The molecule has 1 aromatic heterocycles. The Hall–Kier alpha value is -2.63. The van der Waals surface area contributed by atoms with E-state index in [1.165, 1.54) is 4.57 Å². The van der Waals surface area contributed by atoms with Crippen LogP contribution in [-0.2, 0) is 0 Å². The van der Waals surface area contributed by atoms with Gasteiger partial charge in [-0.25, -0.2) is 9.59 Å². The minimum absolute atomic E-state index is 0.321. The van der Waals surface area contributed by atoms with Crippen molar-refractivity contribution in [2.75, 3.05) is 0 Å².